The van der Waals surface area contributed by atoms with Gasteiger partial charge in [-0.3, -0.25) is 15.0 Å². The van der Waals surface area contributed by atoms with Crippen molar-refractivity contribution in [3.8, 4) is 0 Å². The highest BCUT2D eigenvalue weighted by atomic mass is 16.5. The third kappa shape index (κ3) is 8.88. The highest BCUT2D eigenvalue weighted by Gasteiger charge is 2.16. The molecule has 0 rings (SSSR count). The molecule has 6 N–H and O–H groups in total. The smallest absolute Gasteiger partial charge is 0.237 e. The molecule has 0 aromatic heterocycles. The maximum atomic E-state index is 11.4. The molecular weight excluding hydrogens is 240 g/mol. The minimum absolute atomic E-state index is 0.132. The highest BCUT2D eigenvalue weighted by molar-refractivity contribution is 5.87. The largest absolute Gasteiger partial charge is 0.382 e. The third-order valence-electron chi connectivity index (χ3n) is 2.10. The van der Waals surface area contributed by atoms with Crippen LogP contribution in [0.3, 0.4) is 0 Å². The molecule has 8 nitrogen and oxygen atoms in total. The van der Waals surface area contributed by atoms with Crippen molar-refractivity contribution >= 4 is 11.8 Å². The predicted molar refractivity (Wildman–Crippen MR) is 65.2 cm³/mol. The van der Waals surface area contributed by atoms with E-state index < -0.39 is 11.9 Å². The van der Waals surface area contributed by atoms with Gasteiger partial charge in [-0.25, -0.2) is 5.84 Å². The van der Waals surface area contributed by atoms with Crippen LogP contribution in [0.5, 0.6) is 0 Å². The summed E-state index contributed by atoms with van der Waals surface area (Å²) in [5.41, 5.74) is 7.41. The Morgan fingerprint density at radius 2 is 2.00 bits per heavy atom. The molecule has 8 heteroatoms. The number of carbonyl (C=O) groups is 2. The van der Waals surface area contributed by atoms with E-state index in [9.17, 15) is 9.59 Å². The molecule has 0 aliphatic carbocycles. The van der Waals surface area contributed by atoms with E-state index in [4.69, 9.17) is 21.1 Å². The molecule has 1 unspecified atom stereocenters. The molecule has 2 amide bonds. The Morgan fingerprint density at radius 1 is 1.28 bits per heavy atom. The minimum atomic E-state index is -0.886. The van der Waals surface area contributed by atoms with E-state index in [-0.39, 0.29) is 12.3 Å². The molecule has 0 aromatic rings. The molecule has 0 aromatic carbocycles. The number of nitrogens with one attached hydrogen (secondary N) is 2. The van der Waals surface area contributed by atoms with Crippen LogP contribution in [-0.4, -0.2) is 51.3 Å². The summed E-state index contributed by atoms with van der Waals surface area (Å²) < 4.78 is 10.0. The fourth-order valence-electron chi connectivity index (χ4n) is 1.11. The lowest BCUT2D eigenvalue weighted by molar-refractivity contribution is -0.127. The number of amides is 2. The van der Waals surface area contributed by atoms with Crippen molar-refractivity contribution in [2.75, 3.05) is 33.5 Å². The Bertz CT molecular complexity index is 250. The van der Waals surface area contributed by atoms with Crippen LogP contribution in [0, 0.1) is 0 Å². The van der Waals surface area contributed by atoms with Gasteiger partial charge in [0.15, 0.2) is 0 Å². The Balaban J connectivity index is 3.49. The first kappa shape index (κ1) is 16.8. The Kier molecular flexibility index (Phi) is 10.2. The molecule has 0 radical (unpaired) electrons. The second-order valence-electron chi connectivity index (χ2n) is 3.63. The number of rotatable bonds is 10. The van der Waals surface area contributed by atoms with Gasteiger partial charge in [-0.05, 0) is 6.42 Å². The van der Waals surface area contributed by atoms with E-state index in [0.717, 1.165) is 0 Å². The van der Waals surface area contributed by atoms with Crippen molar-refractivity contribution in [3.05, 3.63) is 0 Å². The van der Waals surface area contributed by atoms with Crippen LogP contribution in [-0.2, 0) is 19.1 Å². The molecule has 0 spiro atoms. The van der Waals surface area contributed by atoms with Crippen LogP contribution in [0.4, 0.5) is 0 Å². The van der Waals surface area contributed by atoms with E-state index in [1.165, 1.54) is 0 Å². The van der Waals surface area contributed by atoms with Crippen LogP contribution >= 0.6 is 0 Å². The Morgan fingerprint density at radius 3 is 2.61 bits per heavy atom. The van der Waals surface area contributed by atoms with Crippen molar-refractivity contribution in [2.24, 2.45) is 11.6 Å². The quantitative estimate of drug-likeness (QED) is 0.154. The summed E-state index contributed by atoms with van der Waals surface area (Å²) in [6, 6.07) is -0.886. The fourth-order valence-corrected chi connectivity index (χ4v) is 1.11. The van der Waals surface area contributed by atoms with Gasteiger partial charge in [0.1, 0.15) is 0 Å². The standard InChI is InChI=1S/C10H22N4O4/c1-17-5-6-18-4-2-3-13-10(16)8(11)7-9(15)14-12/h8H,2-7,11-12H2,1H3,(H,13,16)(H,14,15). The van der Waals surface area contributed by atoms with Crippen LogP contribution in [0.2, 0.25) is 0 Å². The normalized spacial score (nSPS) is 11.9. The number of hydrogen-bond acceptors (Lipinski definition) is 6. The van der Waals surface area contributed by atoms with Gasteiger partial charge in [0.25, 0.3) is 0 Å². The van der Waals surface area contributed by atoms with Gasteiger partial charge < -0.3 is 20.5 Å². The first-order valence-electron chi connectivity index (χ1n) is 5.71. The van der Waals surface area contributed by atoms with E-state index in [1.807, 2.05) is 5.43 Å². The van der Waals surface area contributed by atoms with Crippen molar-refractivity contribution < 1.29 is 19.1 Å². The van der Waals surface area contributed by atoms with Gasteiger partial charge in [0.05, 0.1) is 25.7 Å². The third-order valence-corrected chi connectivity index (χ3v) is 2.10. The molecule has 0 aliphatic rings. The molecule has 0 saturated heterocycles. The first-order valence-corrected chi connectivity index (χ1v) is 5.71. The van der Waals surface area contributed by atoms with Crippen LogP contribution < -0.4 is 22.3 Å². The monoisotopic (exact) mass is 262 g/mol. The summed E-state index contributed by atoms with van der Waals surface area (Å²) in [6.07, 6.45) is 0.540. The van der Waals surface area contributed by atoms with Gasteiger partial charge in [0.2, 0.25) is 11.8 Å². The van der Waals surface area contributed by atoms with E-state index in [0.29, 0.717) is 32.8 Å². The number of ether oxygens (including phenoxy) is 2. The summed E-state index contributed by atoms with van der Waals surface area (Å²) in [4.78, 5) is 22.3. The fraction of sp³-hybridized carbons (Fsp3) is 0.800. The number of carbonyl (C=O) groups excluding carboxylic acids is 2. The number of hydrazine groups is 1. The minimum Gasteiger partial charge on any atom is -0.382 e. The highest BCUT2D eigenvalue weighted by Crippen LogP contribution is 1.89. The molecule has 106 valence electrons. The lowest BCUT2D eigenvalue weighted by Gasteiger charge is -2.11. The van der Waals surface area contributed by atoms with Crippen molar-refractivity contribution in [1.29, 1.82) is 0 Å². The maximum Gasteiger partial charge on any atom is 0.237 e. The Hall–Kier alpha value is -1.22. The molecule has 0 saturated carbocycles. The number of methoxy groups -OCH3 is 1. The van der Waals surface area contributed by atoms with Crippen molar-refractivity contribution in [1.82, 2.24) is 10.7 Å². The number of hydrogen-bond donors (Lipinski definition) is 4. The molecule has 0 aliphatic heterocycles. The first-order chi connectivity index (χ1) is 8.61. The summed E-state index contributed by atoms with van der Waals surface area (Å²) >= 11 is 0. The predicted octanol–water partition coefficient (Wildman–Crippen LogP) is -2.14. The average Bonchev–Trinajstić information content (AvgIpc) is 2.37. The topological polar surface area (TPSA) is 129 Å². The van der Waals surface area contributed by atoms with E-state index >= 15 is 0 Å². The van der Waals surface area contributed by atoms with Gasteiger partial charge in [0, 0.05) is 20.3 Å². The summed E-state index contributed by atoms with van der Waals surface area (Å²) in [5.74, 6) is 4.04. The van der Waals surface area contributed by atoms with Crippen LogP contribution in [0.25, 0.3) is 0 Å². The van der Waals surface area contributed by atoms with Crippen molar-refractivity contribution in [2.45, 2.75) is 18.9 Å². The number of nitrogens with two attached hydrogens (primary N) is 2. The second kappa shape index (κ2) is 10.9. The molecule has 0 fully saturated rings. The molecule has 0 bridgehead atoms. The summed E-state index contributed by atoms with van der Waals surface area (Å²) in [5, 5.41) is 2.61. The van der Waals surface area contributed by atoms with Gasteiger partial charge >= 0.3 is 0 Å². The van der Waals surface area contributed by atoms with E-state index in [2.05, 4.69) is 5.32 Å². The maximum absolute atomic E-state index is 11.4. The van der Waals surface area contributed by atoms with Gasteiger partial charge in [-0.2, -0.15) is 0 Å². The van der Waals surface area contributed by atoms with Crippen LogP contribution in [0.1, 0.15) is 12.8 Å². The lowest BCUT2D eigenvalue weighted by atomic mass is 10.2. The summed E-state index contributed by atoms with van der Waals surface area (Å²) in [7, 11) is 1.60. The molecule has 0 heterocycles. The zero-order chi connectivity index (χ0) is 13.8. The van der Waals surface area contributed by atoms with Gasteiger partial charge in [-0.1, -0.05) is 0 Å². The molecule has 1 atom stereocenters. The lowest BCUT2D eigenvalue weighted by Crippen LogP contribution is -2.45. The zero-order valence-corrected chi connectivity index (χ0v) is 10.6. The average molecular weight is 262 g/mol. The zero-order valence-electron chi connectivity index (χ0n) is 10.6. The van der Waals surface area contributed by atoms with Gasteiger partial charge in [-0.15, -0.1) is 0 Å². The Labute approximate surface area is 106 Å². The summed E-state index contributed by atoms with van der Waals surface area (Å²) in [6.45, 7) is 2.05. The van der Waals surface area contributed by atoms with Crippen LogP contribution in [0.15, 0.2) is 0 Å². The van der Waals surface area contributed by atoms with Crippen molar-refractivity contribution in [3.63, 3.8) is 0 Å². The molecule has 18 heavy (non-hydrogen) atoms. The van der Waals surface area contributed by atoms with E-state index in [1.54, 1.807) is 7.11 Å². The SMILES string of the molecule is COCCOCCCNC(=O)C(N)CC(=O)NN. The second-order valence-corrected chi connectivity index (χ2v) is 3.63. The molecular formula is C10H22N4O4.